The van der Waals surface area contributed by atoms with E-state index in [1.54, 1.807) is 5.56 Å². The molecular weight excluding hydrogens is 194 g/mol. The van der Waals surface area contributed by atoms with Crippen LogP contribution in [0.15, 0.2) is 12.1 Å². The third-order valence-electron chi connectivity index (χ3n) is 3.89. The molecule has 0 bridgehead atoms. The molecular formula is C15H23N. The molecule has 1 aromatic carbocycles. The average Bonchev–Trinajstić information content (AvgIpc) is 2.23. The first-order valence-electron chi connectivity index (χ1n) is 6.36. The minimum absolute atomic E-state index is 0.711. The predicted octanol–water partition coefficient (Wildman–Crippen LogP) is 3.32. The molecule has 1 aliphatic rings. The second-order valence-electron chi connectivity index (χ2n) is 5.49. The highest BCUT2D eigenvalue weighted by Gasteiger charge is 2.21. The van der Waals surface area contributed by atoms with E-state index in [9.17, 15) is 0 Å². The van der Waals surface area contributed by atoms with Crippen LogP contribution < -0.4 is 5.32 Å². The van der Waals surface area contributed by atoms with Gasteiger partial charge in [0.1, 0.15) is 0 Å². The summed E-state index contributed by atoms with van der Waals surface area (Å²) in [6.07, 6.45) is 1.33. The summed E-state index contributed by atoms with van der Waals surface area (Å²) in [5, 5.41) is 3.54. The lowest BCUT2D eigenvalue weighted by Crippen LogP contribution is -2.34. The van der Waals surface area contributed by atoms with Gasteiger partial charge in [-0.25, -0.2) is 0 Å². The van der Waals surface area contributed by atoms with Crippen molar-refractivity contribution in [2.75, 3.05) is 13.1 Å². The van der Waals surface area contributed by atoms with Crippen molar-refractivity contribution < 1.29 is 0 Å². The number of hydrogen-bond donors (Lipinski definition) is 1. The van der Waals surface area contributed by atoms with Crippen molar-refractivity contribution in [1.29, 1.82) is 0 Å². The zero-order valence-corrected chi connectivity index (χ0v) is 10.9. The van der Waals surface area contributed by atoms with Crippen molar-refractivity contribution in [1.82, 2.24) is 5.32 Å². The van der Waals surface area contributed by atoms with Gasteiger partial charge in [0.25, 0.3) is 0 Å². The molecule has 0 aliphatic carbocycles. The van der Waals surface area contributed by atoms with Crippen LogP contribution in [0.1, 0.15) is 41.5 Å². The summed E-state index contributed by atoms with van der Waals surface area (Å²) in [6, 6.07) is 4.74. The second-order valence-corrected chi connectivity index (χ2v) is 5.49. The van der Waals surface area contributed by atoms with Gasteiger partial charge in [-0.2, -0.15) is 0 Å². The molecule has 0 amide bonds. The van der Waals surface area contributed by atoms with Gasteiger partial charge >= 0.3 is 0 Å². The van der Waals surface area contributed by atoms with Gasteiger partial charge in [0.15, 0.2) is 0 Å². The minimum Gasteiger partial charge on any atom is -0.316 e. The largest absolute Gasteiger partial charge is 0.316 e. The van der Waals surface area contributed by atoms with Crippen molar-refractivity contribution in [2.24, 2.45) is 5.92 Å². The highest BCUT2D eigenvalue weighted by atomic mass is 14.9. The van der Waals surface area contributed by atoms with Gasteiger partial charge in [0, 0.05) is 6.54 Å². The number of hydrogen-bond acceptors (Lipinski definition) is 1. The zero-order chi connectivity index (χ0) is 11.7. The summed E-state index contributed by atoms with van der Waals surface area (Å²) >= 11 is 0. The molecule has 0 aromatic heterocycles. The topological polar surface area (TPSA) is 12.0 Å². The van der Waals surface area contributed by atoms with E-state index in [0.29, 0.717) is 5.92 Å². The van der Waals surface area contributed by atoms with Crippen LogP contribution in [0.4, 0.5) is 0 Å². The van der Waals surface area contributed by atoms with E-state index in [1.165, 1.54) is 29.7 Å². The Balaban J connectivity index is 2.29. The van der Waals surface area contributed by atoms with Gasteiger partial charge in [-0.1, -0.05) is 19.1 Å². The maximum Gasteiger partial charge on any atom is 0.00204 e. The predicted molar refractivity (Wildman–Crippen MR) is 70.0 cm³/mol. The number of rotatable bonds is 1. The smallest absolute Gasteiger partial charge is 0.00204 e. The molecule has 1 nitrogen and oxygen atoms in total. The second kappa shape index (κ2) is 4.58. The summed E-state index contributed by atoms with van der Waals surface area (Å²) in [5.41, 5.74) is 5.86. The molecule has 1 aromatic rings. The molecule has 2 rings (SSSR count). The van der Waals surface area contributed by atoms with Crippen LogP contribution in [0.25, 0.3) is 0 Å². The van der Waals surface area contributed by atoms with E-state index in [4.69, 9.17) is 0 Å². The van der Waals surface area contributed by atoms with Gasteiger partial charge in [-0.3, -0.25) is 0 Å². The van der Waals surface area contributed by atoms with Crippen LogP contribution in [0.3, 0.4) is 0 Å². The molecule has 1 aliphatic heterocycles. The lowest BCUT2D eigenvalue weighted by Gasteiger charge is -2.29. The van der Waals surface area contributed by atoms with Crippen LogP contribution >= 0.6 is 0 Å². The molecule has 1 heterocycles. The van der Waals surface area contributed by atoms with Gasteiger partial charge < -0.3 is 5.32 Å². The van der Waals surface area contributed by atoms with Gasteiger partial charge in [0.05, 0.1) is 0 Å². The Morgan fingerprint density at radius 2 is 1.69 bits per heavy atom. The monoisotopic (exact) mass is 217 g/mol. The third kappa shape index (κ3) is 2.30. The molecule has 16 heavy (non-hydrogen) atoms. The Morgan fingerprint density at radius 1 is 1.00 bits per heavy atom. The van der Waals surface area contributed by atoms with Crippen molar-refractivity contribution >= 4 is 0 Å². The fourth-order valence-corrected chi connectivity index (χ4v) is 2.82. The average molecular weight is 217 g/mol. The van der Waals surface area contributed by atoms with Crippen molar-refractivity contribution in [3.05, 3.63) is 34.4 Å². The fraction of sp³-hybridized carbons (Fsp3) is 0.600. The highest BCUT2D eigenvalue weighted by molar-refractivity contribution is 5.38. The molecule has 1 saturated heterocycles. The first-order chi connectivity index (χ1) is 7.58. The van der Waals surface area contributed by atoms with Crippen LogP contribution in [-0.4, -0.2) is 13.1 Å². The summed E-state index contributed by atoms with van der Waals surface area (Å²) in [5.74, 6) is 1.52. The van der Waals surface area contributed by atoms with E-state index in [2.05, 4.69) is 45.1 Å². The first kappa shape index (κ1) is 11.7. The molecule has 2 atom stereocenters. The summed E-state index contributed by atoms with van der Waals surface area (Å²) in [4.78, 5) is 0. The van der Waals surface area contributed by atoms with E-state index in [1.807, 2.05) is 0 Å². The molecule has 0 spiro atoms. The van der Waals surface area contributed by atoms with Crippen molar-refractivity contribution in [2.45, 2.75) is 40.0 Å². The van der Waals surface area contributed by atoms with E-state index in [0.717, 1.165) is 12.5 Å². The van der Waals surface area contributed by atoms with Gasteiger partial charge in [-0.05, 0) is 67.8 Å². The summed E-state index contributed by atoms with van der Waals surface area (Å²) in [6.45, 7) is 11.3. The Kier molecular flexibility index (Phi) is 3.34. The normalized spacial score (nSPS) is 25.8. The highest BCUT2D eigenvalue weighted by Crippen LogP contribution is 2.30. The van der Waals surface area contributed by atoms with Crippen LogP contribution in [0.2, 0.25) is 0 Å². The molecule has 88 valence electrons. The maximum absolute atomic E-state index is 3.54. The first-order valence-corrected chi connectivity index (χ1v) is 6.36. The van der Waals surface area contributed by atoms with Gasteiger partial charge in [-0.15, -0.1) is 0 Å². The third-order valence-corrected chi connectivity index (χ3v) is 3.89. The maximum atomic E-state index is 3.54. The minimum atomic E-state index is 0.711. The summed E-state index contributed by atoms with van der Waals surface area (Å²) in [7, 11) is 0. The Labute approximate surface area is 99.3 Å². The molecule has 2 unspecified atom stereocenters. The molecule has 0 saturated carbocycles. The van der Waals surface area contributed by atoms with Gasteiger partial charge in [0.2, 0.25) is 0 Å². The van der Waals surface area contributed by atoms with Crippen LogP contribution in [0, 0.1) is 26.7 Å². The lowest BCUT2D eigenvalue weighted by atomic mass is 9.83. The van der Waals surface area contributed by atoms with Crippen molar-refractivity contribution in [3.8, 4) is 0 Å². The molecule has 1 fully saturated rings. The summed E-state index contributed by atoms with van der Waals surface area (Å²) < 4.78 is 0. The Morgan fingerprint density at radius 3 is 2.38 bits per heavy atom. The molecule has 0 radical (unpaired) electrons. The molecule has 1 N–H and O–H groups in total. The standard InChI is InChI=1S/C15H23N/c1-10-5-14(9-16-8-10)15-7-12(3)11(2)6-13(15)4/h6-7,10,14,16H,5,8-9H2,1-4H3. The molecule has 1 heteroatoms. The fourth-order valence-electron chi connectivity index (χ4n) is 2.82. The van der Waals surface area contributed by atoms with E-state index < -0.39 is 0 Å². The quantitative estimate of drug-likeness (QED) is 0.761. The SMILES string of the molecule is Cc1cc(C)c(C2CNCC(C)C2)cc1C. The Bertz CT molecular complexity index is 381. The number of piperidine rings is 1. The zero-order valence-electron chi connectivity index (χ0n) is 10.9. The Hall–Kier alpha value is -0.820. The number of aryl methyl sites for hydroxylation is 3. The van der Waals surface area contributed by atoms with E-state index >= 15 is 0 Å². The number of nitrogens with one attached hydrogen (secondary N) is 1. The van der Waals surface area contributed by atoms with E-state index in [-0.39, 0.29) is 0 Å². The number of benzene rings is 1. The van der Waals surface area contributed by atoms with Crippen molar-refractivity contribution in [3.63, 3.8) is 0 Å². The lowest BCUT2D eigenvalue weighted by molar-refractivity contribution is 0.363. The van der Waals surface area contributed by atoms with Crippen LogP contribution in [-0.2, 0) is 0 Å². The van der Waals surface area contributed by atoms with Crippen LogP contribution in [0.5, 0.6) is 0 Å².